The first-order valence-electron chi connectivity index (χ1n) is 10.2. The minimum atomic E-state index is -0.942. The van der Waals surface area contributed by atoms with Crippen molar-refractivity contribution in [2.45, 2.75) is 25.0 Å². The Morgan fingerprint density at radius 1 is 0.871 bits per heavy atom. The average molecular weight is 429 g/mol. The molecule has 1 unspecified atom stereocenters. The van der Waals surface area contributed by atoms with Gasteiger partial charge in [0.15, 0.2) is 5.60 Å². The third-order valence-corrected chi connectivity index (χ3v) is 6.15. The summed E-state index contributed by atoms with van der Waals surface area (Å²) in [5.74, 6) is 0.275. The fourth-order valence-electron chi connectivity index (χ4n) is 4.34. The topological polar surface area (TPSA) is 35.5 Å². The van der Waals surface area contributed by atoms with Crippen LogP contribution >= 0.6 is 11.6 Å². The summed E-state index contributed by atoms with van der Waals surface area (Å²) in [6.07, 6.45) is 2.04. The smallest absolute Gasteiger partial charge is 0.342 e. The molecule has 3 nitrogen and oxygen atoms in total. The van der Waals surface area contributed by atoms with Crippen LogP contribution in [0.15, 0.2) is 108 Å². The summed E-state index contributed by atoms with van der Waals surface area (Å²) in [4.78, 5) is 13.2. The molecule has 5 rings (SSSR count). The molecular weight excluding hydrogens is 408 g/mol. The first kappa shape index (κ1) is 19.7. The van der Waals surface area contributed by atoms with E-state index in [-0.39, 0.29) is 12.1 Å². The molecule has 0 N–H and O–H groups in total. The molecule has 31 heavy (non-hydrogen) atoms. The minimum Gasteiger partial charge on any atom is -0.485 e. The molecule has 0 fully saturated rings. The van der Waals surface area contributed by atoms with Crippen LogP contribution in [0, 0.1) is 0 Å². The van der Waals surface area contributed by atoms with Crippen LogP contribution in [-0.2, 0) is 19.9 Å². The lowest BCUT2D eigenvalue weighted by Crippen LogP contribution is -2.40. The van der Waals surface area contributed by atoms with Crippen molar-refractivity contribution in [1.82, 2.24) is 0 Å². The molecule has 0 aliphatic carbocycles. The van der Waals surface area contributed by atoms with Gasteiger partial charge in [-0.15, -0.1) is 0 Å². The molecule has 2 aliphatic heterocycles. The van der Waals surface area contributed by atoms with Crippen LogP contribution in [0.1, 0.15) is 36.1 Å². The Morgan fingerprint density at radius 2 is 1.45 bits per heavy atom. The molecule has 0 spiro atoms. The maximum atomic E-state index is 13.2. The first-order chi connectivity index (χ1) is 15.1. The minimum absolute atomic E-state index is 0.272. The van der Waals surface area contributed by atoms with Gasteiger partial charge < -0.3 is 9.47 Å². The second kappa shape index (κ2) is 7.75. The van der Waals surface area contributed by atoms with Gasteiger partial charge >= 0.3 is 5.97 Å². The number of rotatable bonds is 3. The van der Waals surface area contributed by atoms with E-state index in [2.05, 4.69) is 0 Å². The predicted molar refractivity (Wildman–Crippen MR) is 120 cm³/mol. The van der Waals surface area contributed by atoms with Gasteiger partial charge in [0.1, 0.15) is 11.9 Å². The monoisotopic (exact) mass is 428 g/mol. The van der Waals surface area contributed by atoms with Gasteiger partial charge in [-0.25, -0.2) is 4.79 Å². The predicted octanol–water partition coefficient (Wildman–Crippen LogP) is 6.50. The van der Waals surface area contributed by atoms with Crippen molar-refractivity contribution in [3.63, 3.8) is 0 Å². The molecule has 0 aromatic heterocycles. The van der Waals surface area contributed by atoms with Gasteiger partial charge in [0, 0.05) is 16.1 Å². The van der Waals surface area contributed by atoms with E-state index in [0.717, 1.165) is 22.3 Å². The van der Waals surface area contributed by atoms with Crippen LogP contribution < -0.4 is 0 Å². The van der Waals surface area contributed by atoms with Crippen molar-refractivity contribution in [3.05, 3.63) is 130 Å². The van der Waals surface area contributed by atoms with Gasteiger partial charge in [-0.05, 0) is 36.3 Å². The van der Waals surface area contributed by atoms with Gasteiger partial charge in [0.25, 0.3) is 0 Å². The largest absolute Gasteiger partial charge is 0.485 e. The summed E-state index contributed by atoms with van der Waals surface area (Å²) in [7, 11) is 0. The van der Waals surface area contributed by atoms with E-state index in [1.54, 1.807) is 0 Å². The van der Waals surface area contributed by atoms with E-state index >= 15 is 0 Å². The fourth-order valence-corrected chi connectivity index (χ4v) is 4.47. The van der Waals surface area contributed by atoms with Crippen LogP contribution in [0.25, 0.3) is 0 Å². The van der Waals surface area contributed by atoms with Crippen molar-refractivity contribution in [2.24, 2.45) is 0 Å². The van der Waals surface area contributed by atoms with Gasteiger partial charge in [-0.3, -0.25) is 0 Å². The summed E-state index contributed by atoms with van der Waals surface area (Å²) in [5, 5.41) is 0.675. The van der Waals surface area contributed by atoms with E-state index in [1.165, 1.54) is 0 Å². The SMILES string of the molecule is CC1=CC2=C(CC(c3ccccc3)(c3ccccc3)OC2=O)OC1c1ccc(Cl)cc1. The summed E-state index contributed by atoms with van der Waals surface area (Å²) < 4.78 is 12.6. The Labute approximate surface area is 186 Å². The summed E-state index contributed by atoms with van der Waals surface area (Å²) in [6.45, 7) is 1.96. The zero-order valence-corrected chi connectivity index (χ0v) is 17.8. The molecule has 0 saturated heterocycles. The lowest BCUT2D eigenvalue weighted by Gasteiger charge is -2.41. The van der Waals surface area contributed by atoms with Crippen molar-refractivity contribution in [1.29, 1.82) is 0 Å². The zero-order chi connectivity index (χ0) is 21.4. The van der Waals surface area contributed by atoms with E-state index in [1.807, 2.05) is 97.9 Å². The Balaban J connectivity index is 1.60. The number of halogens is 1. The summed E-state index contributed by atoms with van der Waals surface area (Å²) >= 11 is 6.06. The number of hydrogen-bond acceptors (Lipinski definition) is 3. The number of cyclic esters (lactones) is 1. The lowest BCUT2D eigenvalue weighted by molar-refractivity contribution is -0.156. The second-order valence-electron chi connectivity index (χ2n) is 7.90. The molecule has 2 heterocycles. The molecule has 4 heteroatoms. The van der Waals surface area contributed by atoms with Crippen LogP contribution in [-0.4, -0.2) is 5.97 Å². The van der Waals surface area contributed by atoms with E-state index in [0.29, 0.717) is 22.8 Å². The highest BCUT2D eigenvalue weighted by molar-refractivity contribution is 6.30. The van der Waals surface area contributed by atoms with Crippen molar-refractivity contribution in [2.75, 3.05) is 0 Å². The molecule has 1 atom stereocenters. The maximum absolute atomic E-state index is 13.2. The molecule has 0 amide bonds. The molecule has 3 aromatic rings. The van der Waals surface area contributed by atoms with E-state index in [9.17, 15) is 4.79 Å². The first-order valence-corrected chi connectivity index (χ1v) is 10.6. The molecule has 0 radical (unpaired) electrons. The van der Waals surface area contributed by atoms with Gasteiger partial charge in [0.2, 0.25) is 0 Å². The maximum Gasteiger partial charge on any atom is 0.342 e. The van der Waals surface area contributed by atoms with Crippen molar-refractivity contribution < 1.29 is 14.3 Å². The number of carbonyl (C=O) groups is 1. The number of hydrogen-bond donors (Lipinski definition) is 0. The second-order valence-corrected chi connectivity index (χ2v) is 8.34. The lowest BCUT2D eigenvalue weighted by atomic mass is 9.79. The van der Waals surface area contributed by atoms with Crippen LogP contribution in [0.3, 0.4) is 0 Å². The normalized spacial score (nSPS) is 19.7. The highest BCUT2D eigenvalue weighted by Gasteiger charge is 2.46. The Morgan fingerprint density at radius 3 is 2.03 bits per heavy atom. The fraction of sp³-hybridized carbons (Fsp3) is 0.148. The van der Waals surface area contributed by atoms with E-state index in [4.69, 9.17) is 21.1 Å². The highest BCUT2D eigenvalue weighted by Crippen LogP contribution is 2.48. The van der Waals surface area contributed by atoms with Crippen molar-refractivity contribution >= 4 is 17.6 Å². The van der Waals surface area contributed by atoms with Crippen molar-refractivity contribution in [3.8, 4) is 0 Å². The zero-order valence-electron chi connectivity index (χ0n) is 17.0. The quantitative estimate of drug-likeness (QED) is 0.446. The molecule has 154 valence electrons. The highest BCUT2D eigenvalue weighted by atomic mass is 35.5. The molecule has 0 saturated carbocycles. The van der Waals surface area contributed by atoms with Gasteiger partial charge in [-0.2, -0.15) is 0 Å². The molecule has 0 bridgehead atoms. The Kier molecular flexibility index (Phi) is 4.91. The van der Waals surface area contributed by atoms with Crippen LogP contribution in [0.2, 0.25) is 5.02 Å². The van der Waals surface area contributed by atoms with Crippen LogP contribution in [0.5, 0.6) is 0 Å². The number of carbonyl (C=O) groups excluding carboxylic acids is 1. The number of esters is 1. The van der Waals surface area contributed by atoms with Crippen LogP contribution in [0.4, 0.5) is 0 Å². The Hall–Kier alpha value is -3.30. The third-order valence-electron chi connectivity index (χ3n) is 5.90. The summed E-state index contributed by atoms with van der Waals surface area (Å²) in [6, 6.07) is 27.3. The standard InChI is InChI=1S/C27H21ClO3/c1-18-16-23-24(30-25(18)19-12-14-22(28)15-13-19)17-27(31-26(23)29,20-8-4-2-5-9-20)21-10-6-3-7-11-21/h2-16,25H,17H2,1H3. The molecular formula is C27H21ClO3. The van der Waals surface area contributed by atoms with Gasteiger partial charge in [0.05, 0.1) is 12.0 Å². The Bertz CT molecular complexity index is 1140. The number of ether oxygens (including phenoxy) is 2. The number of benzene rings is 3. The molecule has 2 aliphatic rings. The summed E-state index contributed by atoms with van der Waals surface area (Å²) in [5.41, 5.74) is 3.32. The average Bonchev–Trinajstić information content (AvgIpc) is 2.81. The third kappa shape index (κ3) is 3.45. The van der Waals surface area contributed by atoms with E-state index < -0.39 is 5.60 Å². The molecule has 3 aromatic carbocycles. The van der Waals surface area contributed by atoms with Gasteiger partial charge in [-0.1, -0.05) is 84.4 Å².